The Hall–Kier alpha value is -4.29. The Balaban J connectivity index is 1.26. The molecule has 0 spiro atoms. The number of nitrogens with zero attached hydrogens (tertiary/aromatic N) is 8. The fourth-order valence-electron chi connectivity index (χ4n) is 5.61. The highest BCUT2D eigenvalue weighted by Crippen LogP contribution is 2.40. The second-order valence-corrected chi connectivity index (χ2v) is 10.8. The molecule has 1 aliphatic carbocycles. The van der Waals surface area contributed by atoms with E-state index in [1.54, 1.807) is 11.0 Å². The van der Waals surface area contributed by atoms with Gasteiger partial charge in [0.1, 0.15) is 12.2 Å². The monoisotopic (exact) mass is 570 g/mol. The molecule has 1 saturated carbocycles. The van der Waals surface area contributed by atoms with Crippen LogP contribution in [-0.2, 0) is 25.8 Å². The van der Waals surface area contributed by atoms with Gasteiger partial charge in [0.2, 0.25) is 5.95 Å². The van der Waals surface area contributed by atoms with Crippen molar-refractivity contribution in [3.05, 3.63) is 78.4 Å². The minimum atomic E-state index is -1.00. The van der Waals surface area contributed by atoms with Crippen LogP contribution in [0.3, 0.4) is 0 Å². The Morgan fingerprint density at radius 1 is 0.881 bits per heavy atom. The van der Waals surface area contributed by atoms with Crippen molar-refractivity contribution in [2.24, 2.45) is 0 Å². The maximum Gasteiger partial charge on any atom is 0.226 e. The van der Waals surface area contributed by atoms with Crippen molar-refractivity contribution in [1.29, 1.82) is 0 Å². The molecular weight excluding hydrogens is 532 g/mol. The molecule has 1 aromatic carbocycles. The van der Waals surface area contributed by atoms with Gasteiger partial charge in [0.05, 0.1) is 36.6 Å². The minimum absolute atomic E-state index is 0.353. The second-order valence-electron chi connectivity index (χ2n) is 10.8. The number of benzene rings is 1. The molecule has 0 unspecified atom stereocenters. The van der Waals surface area contributed by atoms with Crippen LogP contribution in [0, 0.1) is 0 Å². The van der Waals surface area contributed by atoms with Crippen LogP contribution in [0.25, 0.3) is 11.2 Å². The summed E-state index contributed by atoms with van der Waals surface area (Å²) in [7, 11) is 0. The van der Waals surface area contributed by atoms with Crippen molar-refractivity contribution in [3.63, 3.8) is 0 Å². The number of aliphatic hydroxyl groups is 2. The van der Waals surface area contributed by atoms with Crippen LogP contribution in [0.2, 0.25) is 0 Å². The van der Waals surface area contributed by atoms with Crippen LogP contribution in [-0.4, -0.2) is 74.4 Å². The molecule has 1 aliphatic rings. The van der Waals surface area contributed by atoms with E-state index >= 15 is 0 Å². The topological polar surface area (TPSA) is 144 Å². The zero-order chi connectivity index (χ0) is 29.1. The maximum absolute atomic E-state index is 11.2. The number of anilines is 2. The van der Waals surface area contributed by atoms with E-state index in [0.29, 0.717) is 42.4 Å². The van der Waals surface area contributed by atoms with Gasteiger partial charge in [0.25, 0.3) is 0 Å². The van der Waals surface area contributed by atoms with E-state index in [-0.39, 0.29) is 6.04 Å². The van der Waals surface area contributed by atoms with Gasteiger partial charge in [-0.25, -0.2) is 9.97 Å². The lowest BCUT2D eigenvalue weighted by Gasteiger charge is -2.18. The highest BCUT2D eigenvalue weighted by molar-refractivity contribution is 5.84. The van der Waals surface area contributed by atoms with Gasteiger partial charge in [-0.05, 0) is 37.3 Å². The normalized spacial score (nSPS) is 20.4. The second kappa shape index (κ2) is 12.3. The fourth-order valence-corrected chi connectivity index (χ4v) is 5.61. The molecule has 6 rings (SSSR count). The average molecular weight is 571 g/mol. The number of rotatable bonds is 12. The van der Waals surface area contributed by atoms with E-state index in [9.17, 15) is 10.2 Å². The molecule has 220 valence electrons. The first kappa shape index (κ1) is 27.9. The summed E-state index contributed by atoms with van der Waals surface area (Å²) in [6.45, 7) is 6.31. The molecule has 4 aromatic heterocycles. The third-order valence-electron chi connectivity index (χ3n) is 8.07. The van der Waals surface area contributed by atoms with Crippen molar-refractivity contribution in [3.8, 4) is 0 Å². The molecule has 12 heteroatoms. The standard InChI is InChI=1S/C30H38N10O2/c1-3-20-15-35-40(16-20)24-14-23(26(41)27(24)42)39-19-34-25-28(31-12-10-21-8-6-5-7-9-21)36-30(37-29(25)39)32-13-11-22-17-38(4-2)18-33-22/h5-9,15-19,23-24,26-27,41-42H,3-4,10-14H2,1-2H3,(H2,31,32,36,37)/t23-,24+,26+,27-/m1/s1. The molecule has 0 radical (unpaired) electrons. The summed E-state index contributed by atoms with van der Waals surface area (Å²) >= 11 is 0. The van der Waals surface area contributed by atoms with Crippen LogP contribution in [0.1, 0.15) is 49.2 Å². The highest BCUT2D eigenvalue weighted by Gasteiger charge is 2.44. The molecule has 4 atom stereocenters. The number of imidazole rings is 2. The van der Waals surface area contributed by atoms with Crippen molar-refractivity contribution in [1.82, 2.24) is 38.9 Å². The molecular formula is C30H38N10O2. The molecule has 0 amide bonds. The molecule has 5 aromatic rings. The van der Waals surface area contributed by atoms with E-state index in [0.717, 1.165) is 37.1 Å². The summed E-state index contributed by atoms with van der Waals surface area (Å²) in [5, 5.41) is 33.4. The minimum Gasteiger partial charge on any atom is -0.388 e. The van der Waals surface area contributed by atoms with Gasteiger partial charge >= 0.3 is 0 Å². The van der Waals surface area contributed by atoms with Crippen molar-refractivity contribution < 1.29 is 10.2 Å². The van der Waals surface area contributed by atoms with Crippen LogP contribution < -0.4 is 10.6 Å². The van der Waals surface area contributed by atoms with Gasteiger partial charge in [0, 0.05) is 38.4 Å². The number of aromatic nitrogens is 8. The first-order valence-electron chi connectivity index (χ1n) is 14.7. The first-order valence-corrected chi connectivity index (χ1v) is 14.7. The van der Waals surface area contributed by atoms with Gasteiger partial charge in [-0.1, -0.05) is 37.3 Å². The van der Waals surface area contributed by atoms with Crippen LogP contribution in [0.4, 0.5) is 11.8 Å². The molecule has 42 heavy (non-hydrogen) atoms. The van der Waals surface area contributed by atoms with E-state index in [2.05, 4.69) is 51.7 Å². The summed E-state index contributed by atoms with van der Waals surface area (Å²) in [4.78, 5) is 18.7. The lowest BCUT2D eigenvalue weighted by Crippen LogP contribution is -2.30. The van der Waals surface area contributed by atoms with Crippen LogP contribution in [0.15, 0.2) is 61.6 Å². The molecule has 0 saturated heterocycles. The highest BCUT2D eigenvalue weighted by atomic mass is 16.3. The van der Waals surface area contributed by atoms with E-state index in [1.165, 1.54) is 5.56 Å². The molecule has 12 nitrogen and oxygen atoms in total. The summed E-state index contributed by atoms with van der Waals surface area (Å²) in [5.74, 6) is 1.09. The van der Waals surface area contributed by atoms with E-state index in [4.69, 9.17) is 9.97 Å². The van der Waals surface area contributed by atoms with Gasteiger partial charge in [-0.2, -0.15) is 15.1 Å². The SMILES string of the molecule is CCc1cnn([C@H]2C[C@@H](n3cnc4c(NCCc5ccccc5)nc(NCCc5cn(CC)cn5)nc43)[C@H](O)[C@@H]2O)c1. The smallest absolute Gasteiger partial charge is 0.226 e. The number of aliphatic hydroxyl groups excluding tert-OH is 2. The lowest BCUT2D eigenvalue weighted by atomic mass is 10.1. The summed E-state index contributed by atoms with van der Waals surface area (Å²) < 4.78 is 5.68. The predicted molar refractivity (Wildman–Crippen MR) is 160 cm³/mol. The predicted octanol–water partition coefficient (Wildman–Crippen LogP) is 3.02. The van der Waals surface area contributed by atoms with E-state index in [1.807, 2.05) is 52.3 Å². The third-order valence-corrected chi connectivity index (χ3v) is 8.07. The Morgan fingerprint density at radius 2 is 1.69 bits per heavy atom. The van der Waals surface area contributed by atoms with Gasteiger partial charge < -0.3 is 30.0 Å². The van der Waals surface area contributed by atoms with Gasteiger partial charge in [0.15, 0.2) is 17.0 Å². The fraction of sp³-hybridized carbons (Fsp3) is 0.433. The van der Waals surface area contributed by atoms with Crippen LogP contribution in [0.5, 0.6) is 0 Å². The third kappa shape index (κ3) is 5.72. The summed E-state index contributed by atoms with van der Waals surface area (Å²) in [6, 6.07) is 9.50. The number of fused-ring (bicyclic) bond motifs is 1. The van der Waals surface area contributed by atoms with Crippen molar-refractivity contribution in [2.45, 2.75) is 70.4 Å². The van der Waals surface area contributed by atoms with Gasteiger partial charge in [-0.3, -0.25) is 4.68 Å². The number of nitrogens with one attached hydrogen (secondary N) is 2. The zero-order valence-electron chi connectivity index (χ0n) is 24.0. The number of hydrogen-bond acceptors (Lipinski definition) is 9. The Kier molecular flexibility index (Phi) is 8.15. The molecule has 4 heterocycles. The van der Waals surface area contributed by atoms with E-state index < -0.39 is 18.2 Å². The largest absolute Gasteiger partial charge is 0.388 e. The first-order chi connectivity index (χ1) is 20.5. The number of hydrogen-bond donors (Lipinski definition) is 4. The summed E-state index contributed by atoms with van der Waals surface area (Å²) in [6.07, 6.45) is 10.2. The Bertz CT molecular complexity index is 1610. The Morgan fingerprint density at radius 3 is 2.45 bits per heavy atom. The molecule has 0 bridgehead atoms. The molecule has 0 aliphatic heterocycles. The average Bonchev–Trinajstić information content (AvgIpc) is 3.81. The lowest BCUT2D eigenvalue weighted by molar-refractivity contribution is 0.00721. The zero-order valence-corrected chi connectivity index (χ0v) is 24.0. The van der Waals surface area contributed by atoms with Crippen LogP contribution >= 0.6 is 0 Å². The van der Waals surface area contributed by atoms with Gasteiger partial charge in [-0.15, -0.1) is 0 Å². The Labute approximate surface area is 244 Å². The molecule has 1 fully saturated rings. The maximum atomic E-state index is 11.2. The molecule has 4 N–H and O–H groups in total. The van der Waals surface area contributed by atoms with Crippen molar-refractivity contribution in [2.75, 3.05) is 23.7 Å². The summed E-state index contributed by atoms with van der Waals surface area (Å²) in [5.41, 5.74) is 4.52. The number of aryl methyl sites for hydroxylation is 2. The van der Waals surface area contributed by atoms with Crippen molar-refractivity contribution >= 4 is 22.9 Å². The quantitative estimate of drug-likeness (QED) is 0.178.